The van der Waals surface area contributed by atoms with E-state index in [1.165, 1.54) is 11.3 Å². The SMILES string of the molecule is CC1=NN(C)[C@H](C)C[C@H]1c1ccccc1. The van der Waals surface area contributed by atoms with E-state index >= 15 is 0 Å². The van der Waals surface area contributed by atoms with Gasteiger partial charge in [0.25, 0.3) is 0 Å². The van der Waals surface area contributed by atoms with E-state index in [1.54, 1.807) is 0 Å². The first kappa shape index (κ1) is 10.2. The van der Waals surface area contributed by atoms with Crippen molar-refractivity contribution in [1.29, 1.82) is 0 Å². The van der Waals surface area contributed by atoms with Gasteiger partial charge in [-0.05, 0) is 25.8 Å². The Morgan fingerprint density at radius 1 is 1.27 bits per heavy atom. The maximum Gasteiger partial charge on any atom is 0.0448 e. The van der Waals surface area contributed by atoms with Gasteiger partial charge >= 0.3 is 0 Å². The molecule has 0 saturated carbocycles. The minimum Gasteiger partial charge on any atom is -0.297 e. The second-order valence-corrected chi connectivity index (χ2v) is 4.36. The minimum atomic E-state index is 0.498. The third-order valence-electron chi connectivity index (χ3n) is 3.24. The summed E-state index contributed by atoms with van der Waals surface area (Å²) in [6, 6.07) is 11.2. The van der Waals surface area contributed by atoms with E-state index in [9.17, 15) is 0 Å². The van der Waals surface area contributed by atoms with E-state index in [4.69, 9.17) is 0 Å². The zero-order valence-electron chi connectivity index (χ0n) is 9.64. The zero-order valence-corrected chi connectivity index (χ0v) is 9.64. The smallest absolute Gasteiger partial charge is 0.0448 e. The largest absolute Gasteiger partial charge is 0.297 e. The fourth-order valence-corrected chi connectivity index (χ4v) is 2.14. The van der Waals surface area contributed by atoms with E-state index in [0.29, 0.717) is 12.0 Å². The molecule has 0 aromatic heterocycles. The lowest BCUT2D eigenvalue weighted by Crippen LogP contribution is -2.34. The van der Waals surface area contributed by atoms with Crippen LogP contribution in [0.5, 0.6) is 0 Å². The van der Waals surface area contributed by atoms with Crippen molar-refractivity contribution in [3.05, 3.63) is 35.9 Å². The Hall–Kier alpha value is -1.31. The van der Waals surface area contributed by atoms with Crippen molar-refractivity contribution in [1.82, 2.24) is 5.01 Å². The molecular formula is C13H18N2. The predicted octanol–water partition coefficient (Wildman–Crippen LogP) is 2.87. The Kier molecular flexibility index (Phi) is 2.76. The van der Waals surface area contributed by atoms with Crippen LogP contribution in [0.4, 0.5) is 0 Å². The van der Waals surface area contributed by atoms with Crippen LogP contribution in [-0.4, -0.2) is 23.8 Å². The Bertz CT molecular complexity index is 356. The molecule has 15 heavy (non-hydrogen) atoms. The van der Waals surface area contributed by atoms with Crippen LogP contribution in [0.15, 0.2) is 35.4 Å². The molecule has 0 bridgehead atoms. The average Bonchev–Trinajstić information content (AvgIpc) is 2.25. The van der Waals surface area contributed by atoms with Crippen LogP contribution < -0.4 is 0 Å². The highest BCUT2D eigenvalue weighted by Crippen LogP contribution is 2.28. The van der Waals surface area contributed by atoms with Crippen molar-refractivity contribution in [2.24, 2.45) is 5.10 Å². The summed E-state index contributed by atoms with van der Waals surface area (Å²) in [6.45, 7) is 4.35. The van der Waals surface area contributed by atoms with Gasteiger partial charge in [0, 0.05) is 24.7 Å². The van der Waals surface area contributed by atoms with Gasteiger partial charge < -0.3 is 0 Å². The summed E-state index contributed by atoms with van der Waals surface area (Å²) in [5, 5.41) is 6.64. The first-order valence-corrected chi connectivity index (χ1v) is 5.51. The lowest BCUT2D eigenvalue weighted by atomic mass is 9.88. The highest BCUT2D eigenvalue weighted by atomic mass is 15.5. The van der Waals surface area contributed by atoms with E-state index in [2.05, 4.69) is 61.3 Å². The molecule has 2 atom stereocenters. The van der Waals surface area contributed by atoms with Crippen LogP contribution >= 0.6 is 0 Å². The Morgan fingerprint density at radius 3 is 2.60 bits per heavy atom. The maximum atomic E-state index is 4.57. The molecule has 0 N–H and O–H groups in total. The number of benzene rings is 1. The summed E-state index contributed by atoms with van der Waals surface area (Å²) in [4.78, 5) is 0. The van der Waals surface area contributed by atoms with Crippen LogP contribution in [0.3, 0.4) is 0 Å². The molecular weight excluding hydrogens is 184 g/mol. The molecule has 2 nitrogen and oxygen atoms in total. The van der Waals surface area contributed by atoms with Crippen molar-refractivity contribution >= 4 is 5.71 Å². The van der Waals surface area contributed by atoms with Crippen molar-refractivity contribution < 1.29 is 0 Å². The van der Waals surface area contributed by atoms with Crippen molar-refractivity contribution in [2.75, 3.05) is 7.05 Å². The summed E-state index contributed by atoms with van der Waals surface area (Å²) < 4.78 is 0. The molecule has 2 heteroatoms. The van der Waals surface area contributed by atoms with Gasteiger partial charge in [0.2, 0.25) is 0 Å². The molecule has 1 heterocycles. The molecule has 0 aliphatic carbocycles. The van der Waals surface area contributed by atoms with E-state index in [-0.39, 0.29) is 0 Å². The molecule has 1 aromatic carbocycles. The lowest BCUT2D eigenvalue weighted by molar-refractivity contribution is 0.237. The molecule has 1 aliphatic heterocycles. The first-order valence-electron chi connectivity index (χ1n) is 5.51. The predicted molar refractivity (Wildman–Crippen MR) is 64.1 cm³/mol. The van der Waals surface area contributed by atoms with Gasteiger partial charge in [0.15, 0.2) is 0 Å². The van der Waals surface area contributed by atoms with Crippen LogP contribution in [0.1, 0.15) is 31.7 Å². The van der Waals surface area contributed by atoms with Crippen LogP contribution in [0.2, 0.25) is 0 Å². The maximum absolute atomic E-state index is 4.57. The number of rotatable bonds is 1. The molecule has 1 aliphatic rings. The Labute approximate surface area is 91.6 Å². The second-order valence-electron chi connectivity index (χ2n) is 4.36. The quantitative estimate of drug-likeness (QED) is 0.683. The third-order valence-corrected chi connectivity index (χ3v) is 3.24. The third kappa shape index (κ3) is 2.04. The Morgan fingerprint density at radius 2 is 1.93 bits per heavy atom. The highest BCUT2D eigenvalue weighted by Gasteiger charge is 2.24. The standard InChI is InChI=1S/C13H18N2/c1-10-9-13(11(2)14-15(10)3)12-7-5-4-6-8-12/h4-8,10,13H,9H2,1-3H3/t10-,13-/m1/s1. The van der Waals surface area contributed by atoms with Crippen molar-refractivity contribution in [2.45, 2.75) is 32.2 Å². The average molecular weight is 202 g/mol. The highest BCUT2D eigenvalue weighted by molar-refractivity contribution is 5.89. The molecule has 2 rings (SSSR count). The van der Waals surface area contributed by atoms with E-state index in [1.807, 2.05) is 0 Å². The molecule has 0 amide bonds. The molecule has 1 aromatic rings. The van der Waals surface area contributed by atoms with Gasteiger partial charge in [-0.15, -0.1) is 0 Å². The number of hydrazone groups is 1. The fraction of sp³-hybridized carbons (Fsp3) is 0.462. The molecule has 0 saturated heterocycles. The monoisotopic (exact) mass is 202 g/mol. The molecule has 0 unspecified atom stereocenters. The van der Waals surface area contributed by atoms with Gasteiger partial charge in [0.05, 0.1) is 0 Å². The summed E-state index contributed by atoms with van der Waals surface area (Å²) in [5.41, 5.74) is 2.61. The summed E-state index contributed by atoms with van der Waals surface area (Å²) in [7, 11) is 2.05. The minimum absolute atomic E-state index is 0.498. The second kappa shape index (κ2) is 4.05. The summed E-state index contributed by atoms with van der Waals surface area (Å²) in [5.74, 6) is 0.498. The summed E-state index contributed by atoms with van der Waals surface area (Å²) >= 11 is 0. The van der Waals surface area contributed by atoms with E-state index in [0.717, 1.165) is 6.42 Å². The van der Waals surface area contributed by atoms with Gasteiger partial charge in [-0.3, -0.25) is 5.01 Å². The zero-order chi connectivity index (χ0) is 10.8. The fourth-order valence-electron chi connectivity index (χ4n) is 2.14. The lowest BCUT2D eigenvalue weighted by Gasteiger charge is -2.33. The van der Waals surface area contributed by atoms with E-state index < -0.39 is 0 Å². The molecule has 0 radical (unpaired) electrons. The molecule has 0 spiro atoms. The first-order chi connectivity index (χ1) is 7.18. The van der Waals surface area contributed by atoms with Crippen LogP contribution in [0, 0.1) is 0 Å². The number of nitrogens with zero attached hydrogens (tertiary/aromatic N) is 2. The van der Waals surface area contributed by atoms with Gasteiger partial charge in [-0.1, -0.05) is 30.3 Å². The van der Waals surface area contributed by atoms with Gasteiger partial charge in [-0.2, -0.15) is 5.10 Å². The van der Waals surface area contributed by atoms with Crippen molar-refractivity contribution in [3.63, 3.8) is 0 Å². The summed E-state index contributed by atoms with van der Waals surface area (Å²) in [6.07, 6.45) is 1.16. The number of hydrogen-bond acceptors (Lipinski definition) is 2. The van der Waals surface area contributed by atoms with Crippen molar-refractivity contribution in [3.8, 4) is 0 Å². The van der Waals surface area contributed by atoms with Gasteiger partial charge in [-0.25, -0.2) is 0 Å². The Balaban J connectivity index is 2.28. The molecule has 0 fully saturated rings. The normalized spacial score (nSPS) is 26.3. The van der Waals surface area contributed by atoms with Crippen LogP contribution in [-0.2, 0) is 0 Å². The number of hydrogen-bond donors (Lipinski definition) is 0. The topological polar surface area (TPSA) is 15.6 Å². The van der Waals surface area contributed by atoms with Crippen LogP contribution in [0.25, 0.3) is 0 Å². The van der Waals surface area contributed by atoms with Gasteiger partial charge in [0.1, 0.15) is 0 Å². The molecule has 80 valence electrons.